The molecule has 0 saturated heterocycles. The summed E-state index contributed by atoms with van der Waals surface area (Å²) in [4.78, 5) is 22.2. The highest BCUT2D eigenvalue weighted by molar-refractivity contribution is 5.86. The molecule has 0 unspecified atom stereocenters. The van der Waals surface area contributed by atoms with E-state index in [0.29, 0.717) is 12.3 Å². The van der Waals surface area contributed by atoms with Gasteiger partial charge in [0, 0.05) is 38.2 Å². The van der Waals surface area contributed by atoms with Crippen LogP contribution in [0.4, 0.5) is 5.82 Å². The number of nitrogens with zero attached hydrogens (tertiary/aromatic N) is 3. The lowest BCUT2D eigenvalue weighted by atomic mass is 10.1. The fourth-order valence-corrected chi connectivity index (χ4v) is 1.87. The first-order valence-corrected chi connectivity index (χ1v) is 5.82. The molecule has 5 nitrogen and oxygen atoms in total. The minimum absolute atomic E-state index is 0.0779. The van der Waals surface area contributed by atoms with Crippen LogP contribution >= 0.6 is 0 Å². The minimum Gasteiger partial charge on any atom is -0.358 e. The molecule has 0 bridgehead atoms. The maximum atomic E-state index is 11.8. The number of aromatic nitrogens is 2. The van der Waals surface area contributed by atoms with E-state index in [1.54, 1.807) is 19.0 Å². The Morgan fingerprint density at radius 2 is 2.24 bits per heavy atom. The van der Waals surface area contributed by atoms with Gasteiger partial charge >= 0.3 is 0 Å². The fraction of sp³-hybridized carbons (Fsp3) is 0.583. The van der Waals surface area contributed by atoms with Gasteiger partial charge in [-0.2, -0.15) is 0 Å². The first kappa shape index (κ1) is 11.8. The van der Waals surface area contributed by atoms with Gasteiger partial charge in [0.05, 0.1) is 0 Å². The maximum Gasteiger partial charge on any atom is 0.244 e. The zero-order valence-electron chi connectivity index (χ0n) is 10.7. The number of nitrogens with one attached hydrogen (secondary N) is 1. The molecule has 92 valence electrons. The fourth-order valence-electron chi connectivity index (χ4n) is 1.87. The van der Waals surface area contributed by atoms with Crippen molar-refractivity contribution in [3.63, 3.8) is 0 Å². The molecule has 0 aliphatic carbocycles. The molecule has 0 fully saturated rings. The third-order valence-corrected chi connectivity index (χ3v) is 2.87. The van der Waals surface area contributed by atoms with Gasteiger partial charge in [-0.15, -0.1) is 0 Å². The summed E-state index contributed by atoms with van der Waals surface area (Å²) in [6.07, 6.45) is 2.50. The molecule has 1 aliphatic heterocycles. The molecule has 1 aromatic heterocycles. The van der Waals surface area contributed by atoms with Crippen molar-refractivity contribution in [2.45, 2.75) is 32.2 Å². The Hall–Kier alpha value is -1.65. The zero-order valence-corrected chi connectivity index (χ0v) is 10.7. The number of carbonyl (C=O) groups excluding carboxylic acids is 1. The van der Waals surface area contributed by atoms with Gasteiger partial charge in [0.1, 0.15) is 17.7 Å². The van der Waals surface area contributed by atoms with E-state index in [0.717, 1.165) is 17.2 Å². The van der Waals surface area contributed by atoms with E-state index in [1.807, 2.05) is 6.20 Å². The molecule has 17 heavy (non-hydrogen) atoms. The number of anilines is 1. The van der Waals surface area contributed by atoms with Crippen LogP contribution in [0.1, 0.15) is 31.2 Å². The zero-order chi connectivity index (χ0) is 12.6. The van der Waals surface area contributed by atoms with E-state index in [9.17, 15) is 4.79 Å². The Bertz CT molecular complexity index is 442. The highest BCUT2D eigenvalue weighted by atomic mass is 16.2. The average Bonchev–Trinajstić information content (AvgIpc) is 2.69. The third-order valence-electron chi connectivity index (χ3n) is 2.87. The van der Waals surface area contributed by atoms with Gasteiger partial charge in [0.25, 0.3) is 0 Å². The lowest BCUT2D eigenvalue weighted by molar-refractivity contribution is -0.129. The molecule has 1 aliphatic rings. The molecule has 0 saturated carbocycles. The van der Waals surface area contributed by atoms with E-state index in [-0.39, 0.29) is 11.9 Å². The summed E-state index contributed by atoms with van der Waals surface area (Å²) in [5.41, 5.74) is 1.02. The monoisotopic (exact) mass is 234 g/mol. The molecule has 5 heteroatoms. The predicted molar refractivity (Wildman–Crippen MR) is 65.9 cm³/mol. The summed E-state index contributed by atoms with van der Waals surface area (Å²) < 4.78 is 0. The number of fused-ring (bicyclic) bond motifs is 1. The Balaban J connectivity index is 2.19. The highest BCUT2D eigenvalue weighted by Gasteiger charge is 2.29. The van der Waals surface area contributed by atoms with Crippen molar-refractivity contribution >= 4 is 11.7 Å². The summed E-state index contributed by atoms with van der Waals surface area (Å²) in [6.45, 7) is 4.11. The summed E-state index contributed by atoms with van der Waals surface area (Å²) in [5.74, 6) is 2.00. The minimum atomic E-state index is -0.197. The highest BCUT2D eigenvalue weighted by Crippen LogP contribution is 2.25. The number of amides is 1. The molecular weight excluding hydrogens is 216 g/mol. The summed E-state index contributed by atoms with van der Waals surface area (Å²) in [7, 11) is 3.52. The summed E-state index contributed by atoms with van der Waals surface area (Å²) in [5, 5.41) is 3.17. The largest absolute Gasteiger partial charge is 0.358 e. The molecule has 1 atom stereocenters. The first-order valence-electron chi connectivity index (χ1n) is 5.82. The van der Waals surface area contributed by atoms with Crippen molar-refractivity contribution in [2.75, 3.05) is 19.4 Å². The van der Waals surface area contributed by atoms with Crippen molar-refractivity contribution in [1.82, 2.24) is 14.9 Å². The smallest absolute Gasteiger partial charge is 0.244 e. The van der Waals surface area contributed by atoms with Crippen LogP contribution in [0.2, 0.25) is 0 Å². The van der Waals surface area contributed by atoms with Gasteiger partial charge in [0.2, 0.25) is 5.91 Å². The molecule has 1 N–H and O–H groups in total. The Morgan fingerprint density at radius 1 is 1.53 bits per heavy atom. The van der Waals surface area contributed by atoms with E-state index >= 15 is 0 Å². The second kappa shape index (κ2) is 4.31. The van der Waals surface area contributed by atoms with Crippen molar-refractivity contribution < 1.29 is 4.79 Å². The number of likely N-dealkylation sites (N-methyl/N-ethyl adjacent to an activating group) is 1. The molecule has 0 radical (unpaired) electrons. The molecule has 1 aromatic rings. The van der Waals surface area contributed by atoms with Crippen LogP contribution in [0, 0.1) is 0 Å². The van der Waals surface area contributed by atoms with Gasteiger partial charge < -0.3 is 10.2 Å². The van der Waals surface area contributed by atoms with Crippen LogP contribution in [-0.4, -0.2) is 40.9 Å². The topological polar surface area (TPSA) is 58.1 Å². The van der Waals surface area contributed by atoms with Gasteiger partial charge in [-0.25, -0.2) is 9.97 Å². The van der Waals surface area contributed by atoms with Gasteiger partial charge in [-0.1, -0.05) is 13.8 Å². The Kier molecular flexibility index (Phi) is 3.00. The van der Waals surface area contributed by atoms with Crippen LogP contribution in [0.25, 0.3) is 0 Å². The van der Waals surface area contributed by atoms with E-state index in [1.165, 1.54) is 0 Å². The maximum absolute atomic E-state index is 11.8. The molecule has 0 aromatic carbocycles. The lowest BCUT2D eigenvalue weighted by Crippen LogP contribution is -2.37. The van der Waals surface area contributed by atoms with Gasteiger partial charge in [-0.3, -0.25) is 4.79 Å². The number of carbonyl (C=O) groups is 1. The summed E-state index contributed by atoms with van der Waals surface area (Å²) >= 11 is 0. The average molecular weight is 234 g/mol. The third kappa shape index (κ3) is 2.23. The van der Waals surface area contributed by atoms with Crippen LogP contribution in [-0.2, 0) is 11.2 Å². The van der Waals surface area contributed by atoms with Crippen molar-refractivity contribution in [3.05, 3.63) is 17.6 Å². The molecular formula is C12H18N4O. The Morgan fingerprint density at radius 3 is 2.82 bits per heavy atom. The quantitative estimate of drug-likeness (QED) is 0.830. The van der Waals surface area contributed by atoms with E-state index < -0.39 is 0 Å². The predicted octanol–water partition coefficient (Wildman–Crippen LogP) is 1.02. The number of rotatable bonds is 2. The molecule has 1 amide bonds. The second-order valence-electron chi connectivity index (χ2n) is 4.89. The first-order chi connectivity index (χ1) is 7.99. The normalized spacial score (nSPS) is 17.8. The molecule has 2 heterocycles. The van der Waals surface area contributed by atoms with E-state index in [2.05, 4.69) is 29.1 Å². The SMILES string of the molecule is CC(C)c1ncc2c(n1)N[C@@H](C(=O)N(C)C)C2. The van der Waals surface area contributed by atoms with Crippen LogP contribution in [0.3, 0.4) is 0 Å². The van der Waals surface area contributed by atoms with E-state index in [4.69, 9.17) is 0 Å². The lowest BCUT2D eigenvalue weighted by Gasteiger charge is -2.16. The van der Waals surface area contributed by atoms with Crippen molar-refractivity contribution in [2.24, 2.45) is 0 Å². The summed E-state index contributed by atoms with van der Waals surface area (Å²) in [6, 6.07) is -0.197. The van der Waals surface area contributed by atoms with Crippen LogP contribution in [0.15, 0.2) is 6.20 Å². The van der Waals surface area contributed by atoms with Gasteiger partial charge in [-0.05, 0) is 0 Å². The number of hydrogen-bond donors (Lipinski definition) is 1. The van der Waals surface area contributed by atoms with Crippen LogP contribution < -0.4 is 5.32 Å². The van der Waals surface area contributed by atoms with Crippen molar-refractivity contribution in [3.8, 4) is 0 Å². The molecule has 0 spiro atoms. The van der Waals surface area contributed by atoms with Crippen molar-refractivity contribution in [1.29, 1.82) is 0 Å². The van der Waals surface area contributed by atoms with Crippen LogP contribution in [0.5, 0.6) is 0 Å². The molecule has 2 rings (SSSR count). The number of hydrogen-bond acceptors (Lipinski definition) is 4. The Labute approximate surface area is 101 Å². The second-order valence-corrected chi connectivity index (χ2v) is 4.89. The van der Waals surface area contributed by atoms with Gasteiger partial charge in [0.15, 0.2) is 0 Å². The standard InChI is InChI=1S/C12H18N4O/c1-7(2)10-13-6-8-5-9(12(17)16(3)4)14-11(8)15-10/h6-7,9H,5H2,1-4H3,(H,13,14,15)/t9-/m1/s1.